The minimum atomic E-state index is 0.160. The highest BCUT2D eigenvalue weighted by Crippen LogP contribution is 2.36. The molecule has 0 fully saturated rings. The first kappa shape index (κ1) is 14.0. The second kappa shape index (κ2) is 6.23. The predicted octanol–water partition coefficient (Wildman–Crippen LogP) is 4.40. The van der Waals surface area contributed by atoms with Crippen molar-refractivity contribution in [1.82, 2.24) is 4.98 Å². The van der Waals surface area contributed by atoms with Crippen LogP contribution in [0.1, 0.15) is 30.0 Å². The van der Waals surface area contributed by atoms with Crippen molar-refractivity contribution in [2.24, 2.45) is 5.92 Å². The maximum atomic E-state index is 11.4. The Kier molecular flexibility index (Phi) is 4.16. The number of aromatic nitrogens is 1. The van der Waals surface area contributed by atoms with Crippen LogP contribution in [0.4, 0.5) is 0 Å². The van der Waals surface area contributed by atoms with Crippen LogP contribution in [0.5, 0.6) is 0 Å². The van der Waals surface area contributed by atoms with Crippen LogP contribution < -0.4 is 0 Å². The van der Waals surface area contributed by atoms with Gasteiger partial charge in [0, 0.05) is 29.3 Å². The molecular formula is C18H16ClNO. The first-order valence-corrected chi connectivity index (χ1v) is 7.49. The quantitative estimate of drug-likeness (QED) is 0.840. The van der Waals surface area contributed by atoms with E-state index in [9.17, 15) is 4.79 Å². The van der Waals surface area contributed by atoms with Gasteiger partial charge in [0.2, 0.25) is 0 Å². The number of benzene rings is 1. The number of hydrogen-bond acceptors (Lipinski definition) is 2. The van der Waals surface area contributed by atoms with Crippen LogP contribution in [-0.2, 0) is 4.79 Å². The number of pyridine rings is 1. The number of nitrogens with zero attached hydrogens (tertiary/aromatic N) is 1. The monoisotopic (exact) mass is 297 g/mol. The van der Waals surface area contributed by atoms with Crippen LogP contribution in [-0.4, -0.2) is 10.8 Å². The number of hydrogen-bond donors (Lipinski definition) is 0. The van der Waals surface area contributed by atoms with E-state index in [1.54, 1.807) is 6.08 Å². The summed E-state index contributed by atoms with van der Waals surface area (Å²) in [6.45, 7) is 0. The highest BCUT2D eigenvalue weighted by molar-refractivity contribution is 6.30. The van der Waals surface area contributed by atoms with Crippen molar-refractivity contribution >= 4 is 17.4 Å². The third-order valence-electron chi connectivity index (χ3n) is 3.92. The van der Waals surface area contributed by atoms with Gasteiger partial charge in [0.1, 0.15) is 0 Å². The Bertz CT molecular complexity index is 649. The highest BCUT2D eigenvalue weighted by atomic mass is 35.5. The van der Waals surface area contributed by atoms with Gasteiger partial charge in [-0.2, -0.15) is 0 Å². The summed E-state index contributed by atoms with van der Waals surface area (Å²) in [5.74, 6) is 0.661. The topological polar surface area (TPSA) is 30.0 Å². The van der Waals surface area contributed by atoms with E-state index in [1.165, 1.54) is 5.56 Å². The Morgan fingerprint density at radius 1 is 1.14 bits per heavy atom. The molecule has 1 aliphatic carbocycles. The molecule has 0 spiro atoms. The molecule has 1 heterocycles. The van der Waals surface area contributed by atoms with Gasteiger partial charge in [-0.25, -0.2) is 0 Å². The zero-order chi connectivity index (χ0) is 14.7. The van der Waals surface area contributed by atoms with Gasteiger partial charge in [0.05, 0.1) is 0 Å². The fraction of sp³-hybridized carbons (Fsp3) is 0.222. The summed E-state index contributed by atoms with van der Waals surface area (Å²) in [5.41, 5.74) is 2.21. The van der Waals surface area contributed by atoms with Gasteiger partial charge in [0.15, 0.2) is 5.78 Å². The molecule has 3 heteroatoms. The summed E-state index contributed by atoms with van der Waals surface area (Å²) in [7, 11) is 0. The average Bonchev–Trinajstić information content (AvgIpc) is 2.52. The number of allylic oxidation sites excluding steroid dienone is 2. The first-order valence-electron chi connectivity index (χ1n) is 7.11. The molecule has 2 nitrogen and oxygen atoms in total. The largest absolute Gasteiger partial charge is 0.295 e. The van der Waals surface area contributed by atoms with Crippen molar-refractivity contribution in [3.8, 4) is 0 Å². The molecular weight excluding hydrogens is 282 g/mol. The molecule has 0 bridgehead atoms. The molecule has 1 aromatic heterocycles. The van der Waals surface area contributed by atoms with E-state index >= 15 is 0 Å². The molecule has 3 rings (SSSR count). The molecule has 0 N–H and O–H groups in total. The van der Waals surface area contributed by atoms with Crippen LogP contribution in [0.3, 0.4) is 0 Å². The van der Waals surface area contributed by atoms with Crippen molar-refractivity contribution < 1.29 is 4.79 Å². The zero-order valence-electron chi connectivity index (χ0n) is 11.6. The van der Waals surface area contributed by atoms with E-state index in [4.69, 9.17) is 11.6 Å². The second-order valence-electron chi connectivity index (χ2n) is 5.31. The fourth-order valence-corrected chi connectivity index (χ4v) is 2.99. The normalized spacial score (nSPS) is 19.5. The maximum Gasteiger partial charge on any atom is 0.155 e. The van der Waals surface area contributed by atoms with Gasteiger partial charge in [-0.15, -0.1) is 0 Å². The Morgan fingerprint density at radius 2 is 1.95 bits per heavy atom. The lowest BCUT2D eigenvalue weighted by atomic mass is 9.78. The van der Waals surface area contributed by atoms with Gasteiger partial charge in [-0.05, 0) is 48.2 Å². The van der Waals surface area contributed by atoms with Crippen LogP contribution in [0.25, 0.3) is 0 Å². The number of rotatable bonds is 3. The van der Waals surface area contributed by atoms with Crippen molar-refractivity contribution in [3.63, 3.8) is 0 Å². The number of ketones is 1. The smallest absolute Gasteiger partial charge is 0.155 e. The molecule has 2 aromatic rings. The Balaban J connectivity index is 2.01. The lowest BCUT2D eigenvalue weighted by Gasteiger charge is -2.26. The summed E-state index contributed by atoms with van der Waals surface area (Å²) < 4.78 is 0. The average molecular weight is 298 g/mol. The van der Waals surface area contributed by atoms with E-state index in [-0.39, 0.29) is 11.7 Å². The lowest BCUT2D eigenvalue weighted by molar-refractivity contribution is -0.115. The molecule has 21 heavy (non-hydrogen) atoms. The van der Waals surface area contributed by atoms with Crippen molar-refractivity contribution in [2.75, 3.05) is 0 Å². The Hall–Kier alpha value is -1.93. The molecule has 1 aliphatic rings. The molecule has 2 atom stereocenters. The summed E-state index contributed by atoms with van der Waals surface area (Å²) in [5, 5.41) is 0.730. The van der Waals surface area contributed by atoms with E-state index in [1.807, 2.05) is 54.7 Å². The zero-order valence-corrected chi connectivity index (χ0v) is 12.3. The molecule has 106 valence electrons. The van der Waals surface area contributed by atoms with E-state index < -0.39 is 0 Å². The maximum absolute atomic E-state index is 11.4. The molecule has 1 aromatic carbocycles. The number of carbonyl (C=O) groups is 1. The number of halogens is 1. The van der Waals surface area contributed by atoms with Crippen molar-refractivity contribution in [2.45, 2.75) is 18.8 Å². The fourth-order valence-electron chi connectivity index (χ4n) is 2.86. The molecule has 0 aliphatic heterocycles. The molecule has 0 amide bonds. The Labute approximate surface area is 129 Å². The minimum absolute atomic E-state index is 0.160. The van der Waals surface area contributed by atoms with Gasteiger partial charge in [0.25, 0.3) is 0 Å². The van der Waals surface area contributed by atoms with Crippen LogP contribution in [0.15, 0.2) is 60.8 Å². The third-order valence-corrected chi connectivity index (χ3v) is 4.17. The minimum Gasteiger partial charge on any atom is -0.295 e. The highest BCUT2D eigenvalue weighted by Gasteiger charge is 2.26. The summed E-state index contributed by atoms with van der Waals surface area (Å²) >= 11 is 5.99. The van der Waals surface area contributed by atoms with E-state index in [0.717, 1.165) is 17.1 Å². The molecule has 2 unspecified atom stereocenters. The first-order chi connectivity index (χ1) is 10.2. The Morgan fingerprint density at radius 3 is 2.57 bits per heavy atom. The van der Waals surface area contributed by atoms with Crippen molar-refractivity contribution in [3.05, 3.63) is 77.1 Å². The van der Waals surface area contributed by atoms with Gasteiger partial charge < -0.3 is 0 Å². The van der Waals surface area contributed by atoms with E-state index in [2.05, 4.69) is 4.98 Å². The van der Waals surface area contributed by atoms with Crippen LogP contribution >= 0.6 is 11.6 Å². The van der Waals surface area contributed by atoms with Gasteiger partial charge >= 0.3 is 0 Å². The molecule has 0 saturated carbocycles. The molecule has 0 radical (unpaired) electrons. The van der Waals surface area contributed by atoms with Gasteiger partial charge in [-0.1, -0.05) is 35.9 Å². The second-order valence-corrected chi connectivity index (χ2v) is 5.75. The van der Waals surface area contributed by atoms with Crippen LogP contribution in [0, 0.1) is 5.92 Å². The number of carbonyl (C=O) groups excluding carboxylic acids is 1. The SMILES string of the molecule is O=C1C=CC(C(c2ccc(Cl)cc2)c2ccccn2)CC1. The summed E-state index contributed by atoms with van der Waals surface area (Å²) in [6.07, 6.45) is 7.02. The predicted molar refractivity (Wildman–Crippen MR) is 84.4 cm³/mol. The lowest BCUT2D eigenvalue weighted by Crippen LogP contribution is -2.18. The standard InChI is InChI=1S/C18H16ClNO/c19-15-8-4-13(5-9-15)18(17-3-1-2-12-20-17)14-6-10-16(21)11-7-14/h1-6,8-10,12,14,18H,7,11H2. The molecule has 0 saturated heterocycles. The summed E-state index contributed by atoms with van der Waals surface area (Å²) in [4.78, 5) is 15.9. The van der Waals surface area contributed by atoms with Gasteiger partial charge in [-0.3, -0.25) is 9.78 Å². The van der Waals surface area contributed by atoms with Crippen molar-refractivity contribution in [1.29, 1.82) is 0 Å². The van der Waals surface area contributed by atoms with E-state index in [0.29, 0.717) is 12.3 Å². The van der Waals surface area contributed by atoms with Crippen LogP contribution in [0.2, 0.25) is 5.02 Å². The third kappa shape index (κ3) is 3.22. The summed E-state index contributed by atoms with van der Waals surface area (Å²) in [6, 6.07) is 13.9.